The number of rotatable bonds is 1. The minimum atomic E-state index is -0.0819. The Balaban J connectivity index is 2.56. The molecule has 3 N–H and O–H groups in total. The van der Waals surface area contributed by atoms with E-state index in [2.05, 4.69) is 10.3 Å². The highest BCUT2D eigenvalue weighted by Gasteiger charge is 2.21. The fraction of sp³-hybridized carbons (Fsp3) is 0.800. The molecule has 0 radical (unpaired) electrons. The zero-order valence-electron chi connectivity index (χ0n) is 9.13. The Bertz CT molecular complexity index is 243. The normalized spacial score (nSPS) is 24.6. The van der Waals surface area contributed by atoms with E-state index >= 15 is 0 Å². The van der Waals surface area contributed by atoms with Crippen LogP contribution in [0.25, 0.3) is 0 Å². The van der Waals surface area contributed by atoms with E-state index in [0.29, 0.717) is 18.8 Å². The molecule has 4 heteroatoms. The SMILES string of the molecule is CC(C)(C)C(N)=NC1CCC(=O)NC1. The lowest BCUT2D eigenvalue weighted by Crippen LogP contribution is -2.39. The fourth-order valence-electron chi connectivity index (χ4n) is 1.22. The maximum atomic E-state index is 10.9. The minimum absolute atomic E-state index is 0.0819. The molecule has 1 aliphatic heterocycles. The van der Waals surface area contributed by atoms with Crippen LogP contribution < -0.4 is 11.1 Å². The number of carbonyl (C=O) groups excluding carboxylic acids is 1. The van der Waals surface area contributed by atoms with Crippen molar-refractivity contribution in [2.75, 3.05) is 6.54 Å². The lowest BCUT2D eigenvalue weighted by Gasteiger charge is -2.23. The minimum Gasteiger partial charge on any atom is -0.387 e. The average Bonchev–Trinajstić information content (AvgIpc) is 2.07. The molecule has 0 aromatic heterocycles. The molecule has 1 aliphatic rings. The monoisotopic (exact) mass is 197 g/mol. The number of amides is 1. The predicted octanol–water partition coefficient (Wildman–Crippen LogP) is 0.668. The van der Waals surface area contributed by atoms with Crippen LogP contribution in [0.2, 0.25) is 0 Å². The van der Waals surface area contributed by atoms with Gasteiger partial charge in [0.05, 0.1) is 11.9 Å². The van der Waals surface area contributed by atoms with Gasteiger partial charge in [0.1, 0.15) is 0 Å². The summed E-state index contributed by atoms with van der Waals surface area (Å²) in [6.45, 7) is 6.73. The summed E-state index contributed by atoms with van der Waals surface area (Å²) in [6.07, 6.45) is 1.37. The maximum absolute atomic E-state index is 10.9. The number of hydrogen-bond donors (Lipinski definition) is 2. The number of hydrogen-bond acceptors (Lipinski definition) is 2. The lowest BCUT2D eigenvalue weighted by atomic mass is 9.95. The molecule has 14 heavy (non-hydrogen) atoms. The molecule has 0 aliphatic carbocycles. The molecule has 0 aromatic rings. The zero-order valence-corrected chi connectivity index (χ0v) is 9.13. The van der Waals surface area contributed by atoms with Gasteiger partial charge in [0, 0.05) is 18.4 Å². The van der Waals surface area contributed by atoms with Crippen LogP contribution in [0, 0.1) is 5.41 Å². The Morgan fingerprint density at radius 1 is 1.57 bits per heavy atom. The quantitative estimate of drug-likeness (QED) is 0.479. The third-order valence-electron chi connectivity index (χ3n) is 2.33. The molecule has 80 valence electrons. The largest absolute Gasteiger partial charge is 0.387 e. The van der Waals surface area contributed by atoms with Gasteiger partial charge >= 0.3 is 0 Å². The van der Waals surface area contributed by atoms with Gasteiger partial charge in [-0.15, -0.1) is 0 Å². The van der Waals surface area contributed by atoms with E-state index in [1.807, 2.05) is 20.8 Å². The van der Waals surface area contributed by atoms with Crippen molar-refractivity contribution in [3.63, 3.8) is 0 Å². The first-order valence-corrected chi connectivity index (χ1v) is 5.00. The van der Waals surface area contributed by atoms with E-state index < -0.39 is 0 Å². The van der Waals surface area contributed by atoms with Crippen LogP contribution in [-0.2, 0) is 4.79 Å². The number of nitrogens with one attached hydrogen (secondary N) is 1. The summed E-state index contributed by atoms with van der Waals surface area (Å²) >= 11 is 0. The van der Waals surface area contributed by atoms with Crippen molar-refractivity contribution < 1.29 is 4.79 Å². The Kier molecular flexibility index (Phi) is 3.13. The van der Waals surface area contributed by atoms with Crippen molar-refractivity contribution in [3.8, 4) is 0 Å². The molecule has 1 amide bonds. The first-order valence-electron chi connectivity index (χ1n) is 5.00. The molecule has 1 rings (SSSR count). The average molecular weight is 197 g/mol. The molecular formula is C10H19N3O. The van der Waals surface area contributed by atoms with Gasteiger partial charge in [-0.3, -0.25) is 9.79 Å². The van der Waals surface area contributed by atoms with Crippen LogP contribution in [-0.4, -0.2) is 24.3 Å². The Morgan fingerprint density at radius 3 is 2.64 bits per heavy atom. The number of piperidine rings is 1. The Labute approximate surface area is 85.0 Å². The smallest absolute Gasteiger partial charge is 0.220 e. The summed E-state index contributed by atoms with van der Waals surface area (Å²) in [5.74, 6) is 0.782. The second-order valence-electron chi connectivity index (χ2n) is 4.76. The summed E-state index contributed by atoms with van der Waals surface area (Å²) in [7, 11) is 0. The van der Waals surface area contributed by atoms with Crippen LogP contribution >= 0.6 is 0 Å². The van der Waals surface area contributed by atoms with Crippen molar-refractivity contribution in [2.24, 2.45) is 16.1 Å². The molecule has 1 saturated heterocycles. The number of amidine groups is 1. The van der Waals surface area contributed by atoms with Gasteiger partial charge in [0.15, 0.2) is 0 Å². The summed E-state index contributed by atoms with van der Waals surface area (Å²) in [6, 6.07) is 0.159. The van der Waals surface area contributed by atoms with Crippen LogP contribution in [0.3, 0.4) is 0 Å². The molecule has 0 bridgehead atoms. The van der Waals surface area contributed by atoms with E-state index in [1.165, 1.54) is 0 Å². The highest BCUT2D eigenvalue weighted by atomic mass is 16.1. The Morgan fingerprint density at radius 2 is 2.21 bits per heavy atom. The van der Waals surface area contributed by atoms with Crippen molar-refractivity contribution in [1.29, 1.82) is 0 Å². The predicted molar refractivity (Wildman–Crippen MR) is 57.1 cm³/mol. The second-order valence-corrected chi connectivity index (χ2v) is 4.76. The molecule has 0 spiro atoms. The van der Waals surface area contributed by atoms with Crippen LogP contribution in [0.15, 0.2) is 4.99 Å². The molecule has 4 nitrogen and oxygen atoms in total. The standard InChI is InChI=1S/C10H19N3O/c1-10(2,3)9(11)13-7-4-5-8(14)12-6-7/h7H,4-6H2,1-3H3,(H2,11,13)(H,12,14). The maximum Gasteiger partial charge on any atom is 0.220 e. The van der Waals surface area contributed by atoms with Crippen LogP contribution in [0.5, 0.6) is 0 Å². The number of nitrogens with two attached hydrogens (primary N) is 1. The van der Waals surface area contributed by atoms with Crippen LogP contribution in [0.1, 0.15) is 33.6 Å². The molecule has 1 fully saturated rings. The van der Waals surface area contributed by atoms with Crippen molar-refractivity contribution in [1.82, 2.24) is 5.32 Å². The van der Waals surface area contributed by atoms with E-state index in [4.69, 9.17) is 5.73 Å². The van der Waals surface area contributed by atoms with Crippen molar-refractivity contribution in [2.45, 2.75) is 39.7 Å². The summed E-state index contributed by atoms with van der Waals surface area (Å²) in [5.41, 5.74) is 5.77. The van der Waals surface area contributed by atoms with Gasteiger partial charge in [-0.05, 0) is 6.42 Å². The van der Waals surface area contributed by atoms with E-state index in [-0.39, 0.29) is 17.4 Å². The number of aliphatic imine (C=N–C) groups is 1. The number of nitrogens with zero attached hydrogens (tertiary/aromatic N) is 1. The molecule has 0 aromatic carbocycles. The van der Waals surface area contributed by atoms with Gasteiger partial charge in [-0.25, -0.2) is 0 Å². The first kappa shape index (κ1) is 11.0. The number of carbonyl (C=O) groups is 1. The summed E-state index contributed by atoms with van der Waals surface area (Å²) < 4.78 is 0. The topological polar surface area (TPSA) is 67.5 Å². The van der Waals surface area contributed by atoms with E-state index in [9.17, 15) is 4.79 Å². The van der Waals surface area contributed by atoms with Gasteiger partial charge in [-0.2, -0.15) is 0 Å². The Hall–Kier alpha value is -1.06. The highest BCUT2D eigenvalue weighted by molar-refractivity contribution is 5.85. The summed E-state index contributed by atoms with van der Waals surface area (Å²) in [4.78, 5) is 15.3. The lowest BCUT2D eigenvalue weighted by molar-refractivity contribution is -0.122. The van der Waals surface area contributed by atoms with E-state index in [0.717, 1.165) is 6.42 Å². The zero-order chi connectivity index (χ0) is 10.8. The van der Waals surface area contributed by atoms with Gasteiger partial charge < -0.3 is 11.1 Å². The third kappa shape index (κ3) is 3.01. The molecule has 0 saturated carbocycles. The van der Waals surface area contributed by atoms with Gasteiger partial charge in [0.25, 0.3) is 0 Å². The van der Waals surface area contributed by atoms with Crippen molar-refractivity contribution in [3.05, 3.63) is 0 Å². The molecule has 1 heterocycles. The third-order valence-corrected chi connectivity index (χ3v) is 2.33. The highest BCUT2D eigenvalue weighted by Crippen LogP contribution is 2.15. The molecule has 1 atom stereocenters. The van der Waals surface area contributed by atoms with Gasteiger partial charge in [0.2, 0.25) is 5.91 Å². The summed E-state index contributed by atoms with van der Waals surface area (Å²) in [5, 5.41) is 2.79. The van der Waals surface area contributed by atoms with Crippen molar-refractivity contribution >= 4 is 11.7 Å². The first-order chi connectivity index (χ1) is 6.39. The van der Waals surface area contributed by atoms with Gasteiger partial charge in [-0.1, -0.05) is 20.8 Å². The fourth-order valence-corrected chi connectivity index (χ4v) is 1.22. The second kappa shape index (κ2) is 3.98. The van der Waals surface area contributed by atoms with E-state index in [1.54, 1.807) is 0 Å². The molecule has 1 unspecified atom stereocenters. The van der Waals surface area contributed by atoms with Crippen LogP contribution in [0.4, 0.5) is 0 Å². The molecular weight excluding hydrogens is 178 g/mol.